The molecule has 106 valence electrons. The summed E-state index contributed by atoms with van der Waals surface area (Å²) in [7, 11) is 0. The molecular weight excluding hydrogens is 274 g/mol. The summed E-state index contributed by atoms with van der Waals surface area (Å²) in [5.74, 6) is 0.530. The summed E-state index contributed by atoms with van der Waals surface area (Å²) in [5, 5.41) is 19.1. The van der Waals surface area contributed by atoms with Gasteiger partial charge in [0.15, 0.2) is 0 Å². The summed E-state index contributed by atoms with van der Waals surface area (Å²) in [6.45, 7) is 0.133. The van der Waals surface area contributed by atoms with Crippen molar-refractivity contribution >= 4 is 17.2 Å². The molecule has 0 aliphatic heterocycles. The van der Waals surface area contributed by atoms with E-state index in [-0.39, 0.29) is 12.5 Å². The number of hydrogen-bond acceptors (Lipinski definition) is 5. The van der Waals surface area contributed by atoms with Gasteiger partial charge < -0.3 is 5.32 Å². The summed E-state index contributed by atoms with van der Waals surface area (Å²) in [6.07, 6.45) is 5.85. The monoisotopic (exact) mass is 291 g/mol. The Morgan fingerprint density at radius 2 is 2.25 bits per heavy atom. The number of nitrogens with zero attached hydrogens (tertiary/aromatic N) is 4. The first-order valence-corrected chi connectivity index (χ1v) is 7.85. The van der Waals surface area contributed by atoms with Crippen LogP contribution < -0.4 is 5.32 Å². The molecule has 1 aliphatic rings. The Balaban J connectivity index is 1.56. The van der Waals surface area contributed by atoms with Crippen molar-refractivity contribution in [2.24, 2.45) is 0 Å². The van der Waals surface area contributed by atoms with Crippen LogP contribution >= 0.6 is 11.3 Å². The zero-order valence-corrected chi connectivity index (χ0v) is 12.0. The third kappa shape index (κ3) is 3.22. The van der Waals surface area contributed by atoms with E-state index in [4.69, 9.17) is 0 Å². The van der Waals surface area contributed by atoms with Crippen molar-refractivity contribution in [3.05, 3.63) is 16.8 Å². The van der Waals surface area contributed by atoms with Gasteiger partial charge in [0, 0.05) is 17.0 Å². The number of aromatic nitrogens is 4. The quantitative estimate of drug-likeness (QED) is 0.933. The fourth-order valence-electron chi connectivity index (χ4n) is 2.47. The lowest BCUT2D eigenvalue weighted by Gasteiger charge is -2.22. The predicted octanol–water partition coefficient (Wildman–Crippen LogP) is 1.85. The van der Waals surface area contributed by atoms with Crippen LogP contribution in [0.1, 0.15) is 32.1 Å². The van der Waals surface area contributed by atoms with Gasteiger partial charge >= 0.3 is 0 Å². The van der Waals surface area contributed by atoms with E-state index >= 15 is 0 Å². The fraction of sp³-hybridized carbons (Fsp3) is 0.538. The molecule has 2 aromatic heterocycles. The molecule has 1 saturated carbocycles. The van der Waals surface area contributed by atoms with Gasteiger partial charge in [-0.15, -0.1) is 10.2 Å². The number of tetrazole rings is 1. The third-order valence-corrected chi connectivity index (χ3v) is 4.17. The van der Waals surface area contributed by atoms with Crippen LogP contribution in [0, 0.1) is 0 Å². The van der Waals surface area contributed by atoms with Gasteiger partial charge in [0.05, 0.1) is 0 Å². The van der Waals surface area contributed by atoms with Crippen molar-refractivity contribution in [1.29, 1.82) is 0 Å². The standard InChI is InChI=1S/C13H17N5OS/c19-12(14-11-4-2-1-3-5-11)8-18-16-13(15-17-18)10-6-7-20-9-10/h6-7,9,11H,1-5,8H2,(H,14,19). The highest BCUT2D eigenvalue weighted by Crippen LogP contribution is 2.18. The average molecular weight is 291 g/mol. The molecule has 1 N–H and O–H groups in total. The second-order valence-corrected chi connectivity index (χ2v) is 5.84. The Bertz CT molecular complexity index is 559. The number of nitrogens with one attached hydrogen (secondary N) is 1. The highest BCUT2D eigenvalue weighted by Gasteiger charge is 2.16. The van der Waals surface area contributed by atoms with E-state index in [1.54, 1.807) is 11.3 Å². The Morgan fingerprint density at radius 1 is 1.40 bits per heavy atom. The first-order chi connectivity index (χ1) is 9.81. The lowest BCUT2D eigenvalue weighted by molar-refractivity contribution is -0.123. The van der Waals surface area contributed by atoms with Gasteiger partial charge in [-0.3, -0.25) is 4.79 Å². The van der Waals surface area contributed by atoms with E-state index in [9.17, 15) is 4.79 Å². The molecule has 20 heavy (non-hydrogen) atoms. The Morgan fingerprint density at radius 3 is 3.00 bits per heavy atom. The molecule has 1 amide bonds. The molecule has 1 fully saturated rings. The molecular formula is C13H17N5OS. The number of hydrogen-bond donors (Lipinski definition) is 1. The smallest absolute Gasteiger partial charge is 0.243 e. The molecule has 3 rings (SSSR count). The van der Waals surface area contributed by atoms with Gasteiger partial charge in [0.2, 0.25) is 11.7 Å². The van der Waals surface area contributed by atoms with Crippen LogP contribution in [-0.4, -0.2) is 32.2 Å². The minimum Gasteiger partial charge on any atom is -0.352 e. The summed E-state index contributed by atoms with van der Waals surface area (Å²) >= 11 is 1.58. The maximum atomic E-state index is 11.9. The van der Waals surface area contributed by atoms with Crippen LogP contribution in [0.25, 0.3) is 11.4 Å². The van der Waals surface area contributed by atoms with Crippen LogP contribution in [0.15, 0.2) is 16.8 Å². The summed E-state index contributed by atoms with van der Waals surface area (Å²) in [5.41, 5.74) is 0.939. The molecule has 6 nitrogen and oxygen atoms in total. The van der Waals surface area contributed by atoms with E-state index in [2.05, 4.69) is 20.7 Å². The zero-order chi connectivity index (χ0) is 13.8. The summed E-state index contributed by atoms with van der Waals surface area (Å²) in [6, 6.07) is 2.25. The molecule has 0 radical (unpaired) electrons. The number of amides is 1. The van der Waals surface area contributed by atoms with E-state index < -0.39 is 0 Å². The van der Waals surface area contributed by atoms with Gasteiger partial charge in [0.25, 0.3) is 0 Å². The van der Waals surface area contributed by atoms with Crippen LogP contribution in [0.3, 0.4) is 0 Å². The minimum absolute atomic E-state index is 0.0360. The number of carbonyl (C=O) groups excluding carboxylic acids is 1. The molecule has 2 heterocycles. The molecule has 0 bridgehead atoms. The SMILES string of the molecule is O=C(Cn1nnc(-c2ccsc2)n1)NC1CCCCC1. The van der Waals surface area contributed by atoms with Crippen molar-refractivity contribution in [3.8, 4) is 11.4 Å². The Hall–Kier alpha value is -1.76. The van der Waals surface area contributed by atoms with Crippen molar-refractivity contribution < 1.29 is 4.79 Å². The Kier molecular flexibility index (Phi) is 4.05. The van der Waals surface area contributed by atoms with E-state index in [0.29, 0.717) is 11.9 Å². The van der Waals surface area contributed by atoms with Crippen LogP contribution in [-0.2, 0) is 11.3 Å². The molecule has 0 atom stereocenters. The Labute approximate surface area is 121 Å². The second kappa shape index (κ2) is 6.13. The van der Waals surface area contributed by atoms with Gasteiger partial charge in [-0.25, -0.2) is 0 Å². The van der Waals surface area contributed by atoms with E-state index in [1.807, 2.05) is 16.8 Å². The molecule has 2 aromatic rings. The normalized spacial score (nSPS) is 16.2. The van der Waals surface area contributed by atoms with Crippen LogP contribution in [0.4, 0.5) is 0 Å². The van der Waals surface area contributed by atoms with E-state index in [1.165, 1.54) is 24.1 Å². The van der Waals surface area contributed by atoms with Crippen molar-refractivity contribution in [3.63, 3.8) is 0 Å². The van der Waals surface area contributed by atoms with Crippen molar-refractivity contribution in [1.82, 2.24) is 25.5 Å². The number of thiophene rings is 1. The molecule has 0 saturated heterocycles. The second-order valence-electron chi connectivity index (χ2n) is 5.06. The zero-order valence-electron chi connectivity index (χ0n) is 11.2. The molecule has 0 spiro atoms. The lowest BCUT2D eigenvalue weighted by Crippen LogP contribution is -2.38. The highest BCUT2D eigenvalue weighted by molar-refractivity contribution is 7.08. The van der Waals surface area contributed by atoms with Crippen molar-refractivity contribution in [2.75, 3.05) is 0 Å². The van der Waals surface area contributed by atoms with Crippen molar-refractivity contribution in [2.45, 2.75) is 44.7 Å². The third-order valence-electron chi connectivity index (χ3n) is 3.49. The van der Waals surface area contributed by atoms with Gasteiger partial charge in [-0.2, -0.15) is 16.1 Å². The summed E-state index contributed by atoms with van der Waals surface area (Å²) < 4.78 is 0. The summed E-state index contributed by atoms with van der Waals surface area (Å²) in [4.78, 5) is 13.3. The number of carbonyl (C=O) groups is 1. The fourth-order valence-corrected chi connectivity index (χ4v) is 3.10. The van der Waals surface area contributed by atoms with Gasteiger partial charge in [-0.1, -0.05) is 19.3 Å². The van der Waals surface area contributed by atoms with Crippen LogP contribution in [0.5, 0.6) is 0 Å². The van der Waals surface area contributed by atoms with Gasteiger partial charge in [0.1, 0.15) is 6.54 Å². The topological polar surface area (TPSA) is 72.7 Å². The molecule has 7 heteroatoms. The van der Waals surface area contributed by atoms with Crippen LogP contribution in [0.2, 0.25) is 0 Å². The largest absolute Gasteiger partial charge is 0.352 e. The average Bonchev–Trinajstić information content (AvgIpc) is 3.10. The maximum absolute atomic E-state index is 11.9. The highest BCUT2D eigenvalue weighted by atomic mass is 32.1. The molecule has 0 unspecified atom stereocenters. The molecule has 0 aromatic carbocycles. The van der Waals surface area contributed by atoms with E-state index in [0.717, 1.165) is 18.4 Å². The minimum atomic E-state index is -0.0360. The first kappa shape index (κ1) is 13.2. The maximum Gasteiger partial charge on any atom is 0.243 e. The lowest BCUT2D eigenvalue weighted by atomic mass is 9.95. The first-order valence-electron chi connectivity index (χ1n) is 6.91. The number of rotatable bonds is 4. The predicted molar refractivity (Wildman–Crippen MR) is 76.1 cm³/mol. The van der Waals surface area contributed by atoms with Gasteiger partial charge in [-0.05, 0) is 29.5 Å². The molecule has 1 aliphatic carbocycles.